The Balaban J connectivity index is 1.64. The summed E-state index contributed by atoms with van der Waals surface area (Å²) in [5.41, 5.74) is 6.09. The number of nitrogens with zero attached hydrogens (tertiary/aromatic N) is 1. The number of piperidine rings is 1. The van der Waals surface area contributed by atoms with E-state index >= 15 is 0 Å². The van der Waals surface area contributed by atoms with Gasteiger partial charge in [0.05, 0.1) is 6.61 Å². The third-order valence-corrected chi connectivity index (χ3v) is 3.56. The Labute approximate surface area is 115 Å². The lowest BCUT2D eigenvalue weighted by Crippen LogP contribution is -2.31. The van der Waals surface area contributed by atoms with Crippen LogP contribution in [0.25, 0.3) is 0 Å². The number of hydrogen-bond donors (Lipinski definition) is 2. The number of rotatable bonds is 6. The van der Waals surface area contributed by atoms with E-state index in [1.165, 1.54) is 32.4 Å². The molecule has 0 spiro atoms. The van der Waals surface area contributed by atoms with Gasteiger partial charge in [-0.1, -0.05) is 18.6 Å². The molecule has 1 heterocycles. The zero-order valence-corrected chi connectivity index (χ0v) is 11.4. The van der Waals surface area contributed by atoms with Crippen LogP contribution in [0, 0.1) is 0 Å². The molecule has 2 rings (SSSR count). The van der Waals surface area contributed by atoms with Crippen LogP contribution in [0.15, 0.2) is 24.3 Å². The highest BCUT2D eigenvalue weighted by molar-refractivity contribution is 5.28. The third-order valence-electron chi connectivity index (χ3n) is 3.56. The average molecular weight is 264 g/mol. The van der Waals surface area contributed by atoms with Crippen molar-refractivity contribution >= 4 is 0 Å². The summed E-state index contributed by atoms with van der Waals surface area (Å²) in [6, 6.07) is 7.30. The SMILES string of the molecule is NC(O)c1ccc(OCCCN2CCCCC2)cc1. The smallest absolute Gasteiger partial charge is 0.128 e. The van der Waals surface area contributed by atoms with Crippen LogP contribution < -0.4 is 10.5 Å². The summed E-state index contributed by atoms with van der Waals surface area (Å²) >= 11 is 0. The first kappa shape index (κ1) is 14.3. The van der Waals surface area contributed by atoms with Crippen molar-refractivity contribution in [2.75, 3.05) is 26.2 Å². The quantitative estimate of drug-likeness (QED) is 0.608. The minimum absolute atomic E-state index is 0.709. The Morgan fingerprint density at radius 3 is 2.47 bits per heavy atom. The highest BCUT2D eigenvalue weighted by atomic mass is 16.5. The topological polar surface area (TPSA) is 58.7 Å². The van der Waals surface area contributed by atoms with Crippen molar-refractivity contribution in [1.29, 1.82) is 0 Å². The maximum atomic E-state index is 9.20. The number of aliphatic hydroxyl groups excluding tert-OH is 1. The van der Waals surface area contributed by atoms with E-state index in [9.17, 15) is 5.11 Å². The Kier molecular flexibility index (Phi) is 5.63. The van der Waals surface area contributed by atoms with E-state index in [0.29, 0.717) is 5.56 Å². The van der Waals surface area contributed by atoms with Crippen LogP contribution >= 0.6 is 0 Å². The highest BCUT2D eigenvalue weighted by Gasteiger charge is 2.09. The third kappa shape index (κ3) is 4.82. The molecule has 1 aliphatic heterocycles. The molecule has 4 nitrogen and oxygen atoms in total. The number of nitrogens with two attached hydrogens (primary N) is 1. The van der Waals surface area contributed by atoms with E-state index in [1.54, 1.807) is 12.1 Å². The van der Waals surface area contributed by atoms with Crippen molar-refractivity contribution < 1.29 is 9.84 Å². The summed E-state index contributed by atoms with van der Waals surface area (Å²) in [5.74, 6) is 0.836. The van der Waals surface area contributed by atoms with Crippen molar-refractivity contribution in [3.05, 3.63) is 29.8 Å². The lowest BCUT2D eigenvalue weighted by Gasteiger charge is -2.26. The molecule has 1 aromatic carbocycles. The molecular weight excluding hydrogens is 240 g/mol. The maximum Gasteiger partial charge on any atom is 0.128 e. The second-order valence-corrected chi connectivity index (χ2v) is 5.12. The van der Waals surface area contributed by atoms with Gasteiger partial charge >= 0.3 is 0 Å². The first-order valence-electron chi connectivity index (χ1n) is 7.14. The summed E-state index contributed by atoms with van der Waals surface area (Å²) < 4.78 is 5.68. The molecular formula is C15H24N2O2. The predicted molar refractivity (Wildman–Crippen MR) is 76.0 cm³/mol. The summed E-state index contributed by atoms with van der Waals surface area (Å²) in [6.07, 6.45) is 4.20. The number of likely N-dealkylation sites (tertiary alicyclic amines) is 1. The zero-order chi connectivity index (χ0) is 13.5. The summed E-state index contributed by atoms with van der Waals surface area (Å²) in [5, 5.41) is 9.20. The van der Waals surface area contributed by atoms with Gasteiger partial charge < -0.3 is 20.5 Å². The maximum absolute atomic E-state index is 9.20. The molecule has 0 aromatic heterocycles. The van der Waals surface area contributed by atoms with Crippen molar-refractivity contribution in [3.63, 3.8) is 0 Å². The van der Waals surface area contributed by atoms with Gasteiger partial charge in [0.15, 0.2) is 0 Å². The van der Waals surface area contributed by atoms with Crippen LogP contribution in [0.2, 0.25) is 0 Å². The molecule has 1 aliphatic rings. The molecule has 0 bridgehead atoms. The summed E-state index contributed by atoms with van der Waals surface area (Å²) in [6.45, 7) is 4.34. The monoisotopic (exact) mass is 264 g/mol. The van der Waals surface area contributed by atoms with Gasteiger partial charge in [0.25, 0.3) is 0 Å². The van der Waals surface area contributed by atoms with Gasteiger partial charge in [-0.05, 0) is 50.0 Å². The minimum atomic E-state index is -0.909. The normalized spacial score (nSPS) is 18.2. The van der Waals surface area contributed by atoms with Gasteiger partial charge in [-0.3, -0.25) is 0 Å². The van der Waals surface area contributed by atoms with Crippen LogP contribution in [0.3, 0.4) is 0 Å². The second-order valence-electron chi connectivity index (χ2n) is 5.12. The predicted octanol–water partition coefficient (Wildman–Crippen LogP) is 1.89. The molecule has 3 N–H and O–H groups in total. The van der Waals surface area contributed by atoms with Crippen LogP contribution in [-0.2, 0) is 0 Å². The van der Waals surface area contributed by atoms with E-state index in [-0.39, 0.29) is 0 Å². The van der Waals surface area contributed by atoms with Gasteiger partial charge in [-0.25, -0.2) is 0 Å². The number of hydrogen-bond acceptors (Lipinski definition) is 4. The lowest BCUT2D eigenvalue weighted by molar-refractivity contribution is 0.186. The Morgan fingerprint density at radius 1 is 1.16 bits per heavy atom. The standard InChI is InChI=1S/C15H24N2O2/c16-15(18)13-5-7-14(8-6-13)19-12-4-11-17-9-2-1-3-10-17/h5-8,15,18H,1-4,9-12,16H2. The molecule has 0 aliphatic carbocycles. The van der Waals surface area contributed by atoms with Gasteiger partial charge in [-0.15, -0.1) is 0 Å². The number of aliphatic hydroxyl groups is 1. The molecule has 0 saturated carbocycles. The van der Waals surface area contributed by atoms with Crippen LogP contribution in [0.4, 0.5) is 0 Å². The molecule has 19 heavy (non-hydrogen) atoms. The van der Waals surface area contributed by atoms with Crippen LogP contribution in [-0.4, -0.2) is 36.2 Å². The zero-order valence-electron chi connectivity index (χ0n) is 11.4. The fraction of sp³-hybridized carbons (Fsp3) is 0.600. The number of benzene rings is 1. The number of ether oxygens (including phenoxy) is 1. The molecule has 106 valence electrons. The molecule has 0 radical (unpaired) electrons. The van der Waals surface area contributed by atoms with Crippen LogP contribution in [0.5, 0.6) is 5.75 Å². The largest absolute Gasteiger partial charge is 0.494 e. The van der Waals surface area contributed by atoms with Gasteiger partial charge in [0.2, 0.25) is 0 Å². The van der Waals surface area contributed by atoms with E-state index < -0.39 is 6.23 Å². The van der Waals surface area contributed by atoms with E-state index in [1.807, 2.05) is 12.1 Å². The van der Waals surface area contributed by atoms with Gasteiger partial charge in [0, 0.05) is 6.54 Å². The van der Waals surface area contributed by atoms with Crippen molar-refractivity contribution in [2.24, 2.45) is 5.73 Å². The Morgan fingerprint density at radius 2 is 1.84 bits per heavy atom. The van der Waals surface area contributed by atoms with E-state index in [0.717, 1.165) is 25.3 Å². The Bertz CT molecular complexity index is 359. The van der Waals surface area contributed by atoms with Crippen LogP contribution in [0.1, 0.15) is 37.5 Å². The van der Waals surface area contributed by atoms with E-state index in [4.69, 9.17) is 10.5 Å². The Hall–Kier alpha value is -1.10. The van der Waals surface area contributed by atoms with E-state index in [2.05, 4.69) is 4.90 Å². The second kappa shape index (κ2) is 7.48. The average Bonchev–Trinajstić information content (AvgIpc) is 2.45. The molecule has 1 atom stereocenters. The van der Waals surface area contributed by atoms with Crippen molar-refractivity contribution in [1.82, 2.24) is 4.90 Å². The first-order chi connectivity index (χ1) is 9.25. The van der Waals surface area contributed by atoms with Crippen molar-refractivity contribution in [2.45, 2.75) is 31.9 Å². The fourth-order valence-electron chi connectivity index (χ4n) is 2.42. The minimum Gasteiger partial charge on any atom is -0.494 e. The molecule has 1 fully saturated rings. The molecule has 4 heteroatoms. The first-order valence-corrected chi connectivity index (χ1v) is 7.14. The molecule has 1 unspecified atom stereocenters. The van der Waals surface area contributed by atoms with Crippen molar-refractivity contribution in [3.8, 4) is 5.75 Å². The fourth-order valence-corrected chi connectivity index (χ4v) is 2.42. The summed E-state index contributed by atoms with van der Waals surface area (Å²) in [4.78, 5) is 2.51. The van der Waals surface area contributed by atoms with Gasteiger partial charge in [0.1, 0.15) is 12.0 Å². The highest BCUT2D eigenvalue weighted by Crippen LogP contribution is 2.15. The summed E-state index contributed by atoms with van der Waals surface area (Å²) in [7, 11) is 0. The molecule has 1 aromatic rings. The molecule has 1 saturated heterocycles. The van der Waals surface area contributed by atoms with Gasteiger partial charge in [-0.2, -0.15) is 0 Å². The lowest BCUT2D eigenvalue weighted by atomic mass is 10.1. The molecule has 0 amide bonds.